The number of carbonyl (C=O) groups is 2. The summed E-state index contributed by atoms with van der Waals surface area (Å²) in [6, 6.07) is 22.9. The topological polar surface area (TPSA) is 74.8 Å². The molecule has 0 bridgehead atoms. The summed E-state index contributed by atoms with van der Waals surface area (Å²) < 4.78 is 26.2. The Hall–Kier alpha value is -3.16. The molecule has 3 aromatic rings. The number of rotatable bonds is 5. The Morgan fingerprint density at radius 2 is 1.61 bits per heavy atom. The molecule has 170 valence electrons. The third-order valence-electron chi connectivity index (χ3n) is 5.50. The van der Waals surface area contributed by atoms with Gasteiger partial charge in [-0.3, -0.25) is 9.59 Å². The van der Waals surface area contributed by atoms with E-state index in [-0.39, 0.29) is 28.6 Å². The minimum absolute atomic E-state index is 0.103. The van der Waals surface area contributed by atoms with Gasteiger partial charge in [0.25, 0.3) is 5.91 Å². The monoisotopic (exact) mass is 482 g/mol. The molecule has 1 fully saturated rings. The second-order valence-corrected chi connectivity index (χ2v) is 10.8. The summed E-state index contributed by atoms with van der Waals surface area (Å²) in [7, 11) is -3.86. The highest BCUT2D eigenvalue weighted by Gasteiger charge is 2.50. The average molecular weight is 483 g/mol. The van der Waals surface area contributed by atoms with E-state index in [9.17, 15) is 18.0 Å². The largest absolute Gasteiger partial charge is 0.304 e. The van der Waals surface area contributed by atoms with Crippen molar-refractivity contribution in [3.8, 4) is 0 Å². The van der Waals surface area contributed by atoms with Crippen LogP contribution in [0.15, 0.2) is 78.9 Å². The third kappa shape index (κ3) is 4.51. The van der Waals surface area contributed by atoms with Crippen LogP contribution in [0.1, 0.15) is 29.8 Å². The summed E-state index contributed by atoms with van der Waals surface area (Å²) in [5, 5.41) is 0.168. The van der Waals surface area contributed by atoms with Crippen LogP contribution >= 0.6 is 11.6 Å². The minimum atomic E-state index is -3.86. The Morgan fingerprint density at radius 3 is 2.18 bits per heavy atom. The lowest BCUT2D eigenvalue weighted by Gasteiger charge is -2.25. The molecule has 1 heterocycles. The van der Waals surface area contributed by atoms with Gasteiger partial charge in [0.2, 0.25) is 15.9 Å². The molecule has 0 aromatic heterocycles. The van der Waals surface area contributed by atoms with Crippen molar-refractivity contribution in [1.29, 1.82) is 0 Å². The van der Waals surface area contributed by atoms with Crippen LogP contribution in [0.4, 0.5) is 11.4 Å². The van der Waals surface area contributed by atoms with E-state index in [2.05, 4.69) is 0 Å². The fourth-order valence-corrected chi connectivity index (χ4v) is 6.16. The van der Waals surface area contributed by atoms with Crippen LogP contribution in [0.3, 0.4) is 0 Å². The zero-order valence-electron chi connectivity index (χ0n) is 18.2. The molecule has 3 aromatic carbocycles. The van der Waals surface area contributed by atoms with E-state index in [0.29, 0.717) is 5.69 Å². The van der Waals surface area contributed by atoms with E-state index in [1.807, 2.05) is 60.7 Å². The van der Waals surface area contributed by atoms with Gasteiger partial charge in [-0.2, -0.15) is 0 Å². The molecule has 8 heteroatoms. The van der Waals surface area contributed by atoms with Gasteiger partial charge >= 0.3 is 0 Å². The highest BCUT2D eigenvalue weighted by molar-refractivity contribution is 7.94. The van der Waals surface area contributed by atoms with Crippen LogP contribution in [0, 0.1) is 5.41 Å². The van der Waals surface area contributed by atoms with Crippen LogP contribution in [0.5, 0.6) is 0 Å². The number of hydrogen-bond donors (Lipinski definition) is 0. The lowest BCUT2D eigenvalue weighted by Crippen LogP contribution is -2.34. The molecular formula is C25H23ClN2O4S. The lowest BCUT2D eigenvalue weighted by atomic mass is 9.95. The van der Waals surface area contributed by atoms with Crippen molar-refractivity contribution < 1.29 is 18.0 Å². The van der Waals surface area contributed by atoms with E-state index in [4.69, 9.17) is 11.6 Å². The molecular weight excluding hydrogens is 460 g/mol. The number of amides is 2. The van der Waals surface area contributed by atoms with E-state index in [0.717, 1.165) is 9.87 Å². The quantitative estimate of drug-likeness (QED) is 0.519. The molecule has 33 heavy (non-hydrogen) atoms. The fourth-order valence-electron chi connectivity index (χ4n) is 3.86. The Bertz CT molecular complexity index is 1310. The summed E-state index contributed by atoms with van der Waals surface area (Å²) >= 11 is 6.40. The maximum Gasteiger partial charge on any atom is 0.260 e. The van der Waals surface area contributed by atoms with E-state index in [1.54, 1.807) is 18.7 Å². The third-order valence-corrected chi connectivity index (χ3v) is 7.85. The molecule has 1 aliphatic rings. The predicted molar refractivity (Wildman–Crippen MR) is 130 cm³/mol. The molecule has 1 aliphatic heterocycles. The minimum Gasteiger partial charge on any atom is -0.304 e. The summed E-state index contributed by atoms with van der Waals surface area (Å²) in [4.78, 5) is 28.1. The number of carbonyl (C=O) groups excluding carboxylic acids is 2. The number of sulfonamides is 1. The lowest BCUT2D eigenvalue weighted by molar-refractivity contribution is -0.123. The van der Waals surface area contributed by atoms with Crippen molar-refractivity contribution in [3.05, 3.63) is 95.0 Å². The van der Waals surface area contributed by atoms with Crippen LogP contribution in [-0.4, -0.2) is 26.0 Å². The second kappa shape index (κ2) is 8.65. The Morgan fingerprint density at radius 1 is 1.00 bits per heavy atom. The Labute approximate surface area is 198 Å². The van der Waals surface area contributed by atoms with E-state index < -0.39 is 27.3 Å². The van der Waals surface area contributed by atoms with Gasteiger partial charge in [0.15, 0.2) is 0 Å². The average Bonchev–Trinajstić information content (AvgIpc) is 2.95. The normalized spacial score (nSPS) is 16.6. The summed E-state index contributed by atoms with van der Waals surface area (Å²) in [5.41, 5.74) is 0.749. The number of para-hydroxylation sites is 1. The molecule has 0 atom stereocenters. The second-order valence-electron chi connectivity index (χ2n) is 8.59. The summed E-state index contributed by atoms with van der Waals surface area (Å²) in [5.74, 6) is -1.23. The van der Waals surface area contributed by atoms with Gasteiger partial charge in [0.05, 0.1) is 34.0 Å². The first-order valence-electron chi connectivity index (χ1n) is 10.4. The molecule has 0 aliphatic carbocycles. The highest BCUT2D eigenvalue weighted by atomic mass is 35.5. The summed E-state index contributed by atoms with van der Waals surface area (Å²) in [6.07, 6.45) is 0. The molecule has 0 unspecified atom stereocenters. The maximum atomic E-state index is 13.7. The molecule has 1 saturated heterocycles. The molecule has 6 nitrogen and oxygen atoms in total. The van der Waals surface area contributed by atoms with Crippen LogP contribution in [0.2, 0.25) is 5.02 Å². The first-order valence-corrected chi connectivity index (χ1v) is 12.4. The van der Waals surface area contributed by atoms with Crippen LogP contribution in [0.25, 0.3) is 0 Å². The van der Waals surface area contributed by atoms with Gasteiger partial charge in [0.1, 0.15) is 0 Å². The molecule has 4 rings (SSSR count). The molecule has 0 saturated carbocycles. The fraction of sp³-hybridized carbons (Fsp3) is 0.200. The van der Waals surface area contributed by atoms with Gasteiger partial charge in [-0.15, -0.1) is 0 Å². The first kappa shape index (κ1) is 23.0. The standard InChI is InChI=1S/C25H23ClN2O4S/c1-25(2)17-33(31,32)28(24(25)30)20-13-14-22(26)21(15-20)23(29)27(19-11-7-4-8-12-19)16-18-9-5-3-6-10-18/h3-15H,16-17H2,1-2H3. The van der Waals surface area contributed by atoms with Gasteiger partial charge in [-0.25, -0.2) is 12.7 Å². The maximum absolute atomic E-state index is 13.7. The van der Waals surface area contributed by atoms with Gasteiger partial charge in [0, 0.05) is 5.69 Å². The summed E-state index contributed by atoms with van der Waals surface area (Å²) in [6.45, 7) is 3.47. The smallest absolute Gasteiger partial charge is 0.260 e. The van der Waals surface area contributed by atoms with Gasteiger partial charge < -0.3 is 4.90 Å². The van der Waals surface area contributed by atoms with Crippen molar-refractivity contribution in [2.75, 3.05) is 15.0 Å². The van der Waals surface area contributed by atoms with Crippen molar-refractivity contribution in [1.82, 2.24) is 0 Å². The number of halogens is 1. The Balaban J connectivity index is 1.77. The van der Waals surface area contributed by atoms with Crippen LogP contribution < -0.4 is 9.21 Å². The van der Waals surface area contributed by atoms with Crippen molar-refractivity contribution >= 4 is 44.8 Å². The molecule has 0 radical (unpaired) electrons. The van der Waals surface area contributed by atoms with Gasteiger partial charge in [-0.05, 0) is 49.7 Å². The molecule has 0 N–H and O–H groups in total. The highest BCUT2D eigenvalue weighted by Crippen LogP contribution is 2.37. The van der Waals surface area contributed by atoms with Crippen molar-refractivity contribution in [2.24, 2.45) is 5.41 Å². The molecule has 2 amide bonds. The number of anilines is 2. The van der Waals surface area contributed by atoms with Crippen LogP contribution in [-0.2, 0) is 21.4 Å². The number of benzene rings is 3. The van der Waals surface area contributed by atoms with E-state index in [1.165, 1.54) is 18.2 Å². The number of nitrogens with zero attached hydrogens (tertiary/aromatic N) is 2. The SMILES string of the molecule is CC1(C)CS(=O)(=O)N(c2ccc(Cl)c(C(=O)N(Cc3ccccc3)c3ccccc3)c2)C1=O. The Kier molecular flexibility index (Phi) is 6.03. The first-order chi connectivity index (χ1) is 15.6. The molecule has 0 spiro atoms. The number of hydrogen-bond acceptors (Lipinski definition) is 4. The van der Waals surface area contributed by atoms with E-state index >= 15 is 0 Å². The zero-order chi connectivity index (χ0) is 23.8. The predicted octanol–water partition coefficient (Wildman–Crippen LogP) is 4.89. The van der Waals surface area contributed by atoms with Gasteiger partial charge in [-0.1, -0.05) is 60.1 Å². The zero-order valence-corrected chi connectivity index (χ0v) is 19.8. The van der Waals surface area contributed by atoms with Crippen molar-refractivity contribution in [2.45, 2.75) is 20.4 Å². The van der Waals surface area contributed by atoms with Crippen molar-refractivity contribution in [3.63, 3.8) is 0 Å².